The van der Waals surface area contributed by atoms with Crippen LogP contribution in [0.5, 0.6) is 0 Å². The molecule has 0 spiro atoms. The van der Waals surface area contributed by atoms with Crippen molar-refractivity contribution in [2.24, 2.45) is 0 Å². The zero-order chi connectivity index (χ0) is 11.1. The molecule has 1 aliphatic rings. The molecule has 0 bridgehead atoms. The predicted molar refractivity (Wildman–Crippen MR) is 60.6 cm³/mol. The van der Waals surface area contributed by atoms with Crippen LogP contribution in [0, 0.1) is 0 Å². The fourth-order valence-electron chi connectivity index (χ4n) is 2.05. The first-order valence-corrected chi connectivity index (χ1v) is 6.20. The lowest BCUT2D eigenvalue weighted by molar-refractivity contribution is -0.127. The Kier molecular flexibility index (Phi) is 5.69. The fraction of sp³-hybridized carbons (Fsp3) is 0.917. The molecule has 3 heteroatoms. The number of hydrogen-bond acceptors (Lipinski definition) is 2. The third kappa shape index (κ3) is 4.65. The third-order valence-electron chi connectivity index (χ3n) is 2.98. The first-order valence-electron chi connectivity index (χ1n) is 6.20. The molecule has 88 valence electrons. The molecule has 0 aromatic carbocycles. The average Bonchev–Trinajstić information content (AvgIpc) is 2.51. The molecule has 0 saturated carbocycles. The Balaban J connectivity index is 1.98. The highest BCUT2D eigenvalue weighted by Crippen LogP contribution is 2.12. The van der Waals surface area contributed by atoms with Crippen LogP contribution < -0.4 is 0 Å². The van der Waals surface area contributed by atoms with Crippen LogP contribution >= 0.6 is 0 Å². The van der Waals surface area contributed by atoms with Crippen LogP contribution in [0.3, 0.4) is 0 Å². The highest BCUT2D eigenvalue weighted by atomic mass is 16.3. The maximum absolute atomic E-state index is 11.3. The smallest absolute Gasteiger partial charge is 0.225 e. The Labute approximate surface area is 92.5 Å². The minimum absolute atomic E-state index is 0.121. The molecule has 0 aliphatic carbocycles. The number of nitrogens with zero attached hydrogens (tertiary/aromatic N) is 1. The van der Waals surface area contributed by atoms with Crippen LogP contribution in [0.15, 0.2) is 0 Å². The number of carbonyl (C=O) groups excluding carboxylic acids is 1. The van der Waals surface area contributed by atoms with Crippen molar-refractivity contribution in [3.05, 3.63) is 0 Å². The molecule has 1 fully saturated rings. The van der Waals surface area contributed by atoms with E-state index in [-0.39, 0.29) is 5.91 Å². The van der Waals surface area contributed by atoms with E-state index in [9.17, 15) is 9.90 Å². The van der Waals surface area contributed by atoms with Gasteiger partial charge in [0, 0.05) is 13.1 Å². The van der Waals surface area contributed by atoms with E-state index in [4.69, 9.17) is 0 Å². The molecule has 1 rings (SSSR count). The lowest BCUT2D eigenvalue weighted by Crippen LogP contribution is -2.26. The molecule has 1 amide bonds. The van der Waals surface area contributed by atoms with E-state index < -0.39 is 6.10 Å². The SMILES string of the molecule is CCCCCCCCN1CC(O)CC1=O. The van der Waals surface area contributed by atoms with Gasteiger partial charge in [-0.3, -0.25) is 4.79 Å². The van der Waals surface area contributed by atoms with Gasteiger partial charge in [0.2, 0.25) is 5.91 Å². The molecular weight excluding hydrogens is 190 g/mol. The normalized spacial score (nSPS) is 21.3. The summed E-state index contributed by atoms with van der Waals surface area (Å²) in [6, 6.07) is 0. The molecule has 15 heavy (non-hydrogen) atoms. The standard InChI is InChI=1S/C12H23NO2/c1-2-3-4-5-6-7-8-13-10-11(14)9-12(13)15/h11,14H,2-10H2,1H3. The van der Waals surface area contributed by atoms with Crippen LogP contribution in [0.4, 0.5) is 0 Å². The molecule has 0 radical (unpaired) electrons. The number of rotatable bonds is 7. The van der Waals surface area contributed by atoms with E-state index in [0.29, 0.717) is 13.0 Å². The van der Waals surface area contributed by atoms with Crippen LogP contribution in [-0.2, 0) is 4.79 Å². The Morgan fingerprint density at radius 2 is 1.93 bits per heavy atom. The van der Waals surface area contributed by atoms with Gasteiger partial charge in [-0.1, -0.05) is 39.0 Å². The van der Waals surface area contributed by atoms with Crippen molar-refractivity contribution in [3.8, 4) is 0 Å². The molecule has 1 unspecified atom stereocenters. The average molecular weight is 213 g/mol. The molecule has 3 nitrogen and oxygen atoms in total. The Morgan fingerprint density at radius 1 is 1.27 bits per heavy atom. The van der Waals surface area contributed by atoms with Gasteiger partial charge in [0.25, 0.3) is 0 Å². The summed E-state index contributed by atoms with van der Waals surface area (Å²) in [5.74, 6) is 0.121. The molecule has 0 aromatic rings. The molecule has 1 N–H and O–H groups in total. The Bertz CT molecular complexity index is 194. The highest BCUT2D eigenvalue weighted by molar-refractivity contribution is 5.78. The zero-order valence-corrected chi connectivity index (χ0v) is 9.74. The number of unbranched alkanes of at least 4 members (excludes halogenated alkanes) is 5. The van der Waals surface area contributed by atoms with Gasteiger partial charge in [-0.25, -0.2) is 0 Å². The van der Waals surface area contributed by atoms with Gasteiger partial charge in [-0.05, 0) is 6.42 Å². The maximum Gasteiger partial charge on any atom is 0.225 e. The van der Waals surface area contributed by atoms with Crippen molar-refractivity contribution in [1.29, 1.82) is 0 Å². The summed E-state index contributed by atoms with van der Waals surface area (Å²) in [6.45, 7) is 3.60. The molecule has 1 saturated heterocycles. The lowest BCUT2D eigenvalue weighted by Gasteiger charge is -2.15. The van der Waals surface area contributed by atoms with Crippen molar-refractivity contribution in [3.63, 3.8) is 0 Å². The molecule has 1 atom stereocenters. The number of carbonyl (C=O) groups is 1. The van der Waals surface area contributed by atoms with E-state index in [2.05, 4.69) is 6.92 Å². The van der Waals surface area contributed by atoms with E-state index in [1.54, 1.807) is 4.90 Å². The van der Waals surface area contributed by atoms with Gasteiger partial charge in [-0.2, -0.15) is 0 Å². The van der Waals surface area contributed by atoms with Gasteiger partial charge in [0.05, 0.1) is 12.5 Å². The van der Waals surface area contributed by atoms with Gasteiger partial charge in [-0.15, -0.1) is 0 Å². The summed E-state index contributed by atoms with van der Waals surface area (Å²) in [5, 5.41) is 9.28. The van der Waals surface area contributed by atoms with E-state index in [1.807, 2.05) is 0 Å². The minimum atomic E-state index is -0.419. The number of amides is 1. The molecule has 0 aromatic heterocycles. The fourth-order valence-corrected chi connectivity index (χ4v) is 2.05. The van der Waals surface area contributed by atoms with Gasteiger partial charge >= 0.3 is 0 Å². The van der Waals surface area contributed by atoms with Crippen LogP contribution in [0.1, 0.15) is 51.9 Å². The summed E-state index contributed by atoms with van der Waals surface area (Å²) in [7, 11) is 0. The predicted octanol–water partition coefficient (Wildman–Crippen LogP) is 1.94. The number of aliphatic hydroxyl groups excluding tert-OH is 1. The summed E-state index contributed by atoms with van der Waals surface area (Å²) in [6.07, 6.45) is 7.39. The molecule has 1 heterocycles. The van der Waals surface area contributed by atoms with Crippen LogP contribution in [0.25, 0.3) is 0 Å². The summed E-state index contributed by atoms with van der Waals surface area (Å²) >= 11 is 0. The van der Waals surface area contributed by atoms with Crippen molar-refractivity contribution >= 4 is 5.91 Å². The summed E-state index contributed by atoms with van der Waals surface area (Å²) < 4.78 is 0. The second-order valence-electron chi connectivity index (χ2n) is 4.47. The topological polar surface area (TPSA) is 40.5 Å². The molecular formula is C12H23NO2. The summed E-state index contributed by atoms with van der Waals surface area (Å²) in [5.41, 5.74) is 0. The van der Waals surface area contributed by atoms with Crippen molar-refractivity contribution in [2.75, 3.05) is 13.1 Å². The molecule has 1 aliphatic heterocycles. The minimum Gasteiger partial charge on any atom is -0.391 e. The third-order valence-corrected chi connectivity index (χ3v) is 2.98. The number of likely N-dealkylation sites (tertiary alicyclic amines) is 1. The Morgan fingerprint density at radius 3 is 2.53 bits per heavy atom. The van der Waals surface area contributed by atoms with Gasteiger partial charge in [0.1, 0.15) is 0 Å². The second kappa shape index (κ2) is 6.83. The maximum atomic E-state index is 11.3. The number of hydrogen-bond donors (Lipinski definition) is 1. The van der Waals surface area contributed by atoms with Gasteiger partial charge < -0.3 is 10.0 Å². The monoisotopic (exact) mass is 213 g/mol. The zero-order valence-electron chi connectivity index (χ0n) is 9.74. The van der Waals surface area contributed by atoms with Crippen molar-refractivity contribution in [1.82, 2.24) is 4.90 Å². The van der Waals surface area contributed by atoms with Crippen LogP contribution in [-0.4, -0.2) is 35.1 Å². The van der Waals surface area contributed by atoms with E-state index in [1.165, 1.54) is 32.1 Å². The number of aliphatic hydroxyl groups is 1. The van der Waals surface area contributed by atoms with Crippen molar-refractivity contribution < 1.29 is 9.90 Å². The largest absolute Gasteiger partial charge is 0.391 e. The first-order chi connectivity index (χ1) is 7.24. The van der Waals surface area contributed by atoms with E-state index in [0.717, 1.165) is 13.0 Å². The quantitative estimate of drug-likeness (QED) is 0.657. The Hall–Kier alpha value is -0.570. The lowest BCUT2D eigenvalue weighted by atomic mass is 10.1. The van der Waals surface area contributed by atoms with Crippen LogP contribution in [0.2, 0.25) is 0 Å². The number of β-amino-alcohol motifs (C(OH)–C–C–N with tert-alkyl or cyclic N) is 1. The van der Waals surface area contributed by atoms with Gasteiger partial charge in [0.15, 0.2) is 0 Å². The first kappa shape index (κ1) is 12.5. The second-order valence-corrected chi connectivity index (χ2v) is 4.47. The van der Waals surface area contributed by atoms with Crippen molar-refractivity contribution in [2.45, 2.75) is 58.0 Å². The highest BCUT2D eigenvalue weighted by Gasteiger charge is 2.26. The summed E-state index contributed by atoms with van der Waals surface area (Å²) in [4.78, 5) is 13.1. The van der Waals surface area contributed by atoms with E-state index >= 15 is 0 Å².